The molecular formula is C11H12ClF3N2O2. The van der Waals surface area contributed by atoms with Crippen LogP contribution in [-0.2, 0) is 0 Å². The monoisotopic (exact) mass is 296 g/mol. The molecule has 19 heavy (non-hydrogen) atoms. The molecule has 0 N–H and O–H groups in total. The molecule has 0 bridgehead atoms. The van der Waals surface area contributed by atoms with Crippen LogP contribution in [0.25, 0.3) is 0 Å². The normalized spacial score (nSPS) is 11.2. The van der Waals surface area contributed by atoms with Gasteiger partial charge in [0, 0.05) is 18.6 Å². The van der Waals surface area contributed by atoms with Crippen molar-refractivity contribution in [3.8, 4) is 5.88 Å². The molecule has 1 rings (SSSR count). The van der Waals surface area contributed by atoms with Gasteiger partial charge in [-0.05, 0) is 12.1 Å². The minimum Gasteiger partial charge on any atom is -0.480 e. The van der Waals surface area contributed by atoms with E-state index in [0.29, 0.717) is 4.90 Å². The lowest BCUT2D eigenvalue weighted by atomic mass is 10.2. The molecule has 0 aliphatic rings. The highest BCUT2D eigenvalue weighted by Gasteiger charge is 2.33. The van der Waals surface area contributed by atoms with Gasteiger partial charge in [0.15, 0.2) is 0 Å². The third kappa shape index (κ3) is 4.59. The molecule has 0 unspecified atom stereocenters. The number of halogens is 4. The highest BCUT2D eigenvalue weighted by molar-refractivity contribution is 6.18. The van der Waals surface area contributed by atoms with Crippen LogP contribution >= 0.6 is 11.6 Å². The molecule has 0 saturated carbocycles. The number of ether oxygens (including phenoxy) is 1. The summed E-state index contributed by atoms with van der Waals surface area (Å²) in [4.78, 5) is 16.4. The van der Waals surface area contributed by atoms with Crippen LogP contribution in [0.2, 0.25) is 0 Å². The van der Waals surface area contributed by atoms with Crippen molar-refractivity contribution in [2.75, 3.05) is 26.1 Å². The minimum atomic E-state index is -4.49. The van der Waals surface area contributed by atoms with Crippen LogP contribution in [0.1, 0.15) is 10.4 Å². The number of hydrogen-bond acceptors (Lipinski definition) is 3. The third-order valence-corrected chi connectivity index (χ3v) is 2.38. The van der Waals surface area contributed by atoms with E-state index >= 15 is 0 Å². The second kappa shape index (κ2) is 6.60. The summed E-state index contributed by atoms with van der Waals surface area (Å²) in [5.41, 5.74) is -0.0284. The van der Waals surface area contributed by atoms with Crippen LogP contribution in [0.5, 0.6) is 5.88 Å². The Kier molecular flexibility index (Phi) is 5.41. The fraction of sp³-hybridized carbons (Fsp3) is 0.455. The molecule has 0 aliphatic carbocycles. The molecule has 0 aromatic carbocycles. The van der Waals surface area contributed by atoms with E-state index in [1.54, 1.807) is 0 Å². The van der Waals surface area contributed by atoms with Crippen molar-refractivity contribution in [3.63, 3.8) is 0 Å². The fourth-order valence-corrected chi connectivity index (χ4v) is 1.66. The molecule has 1 amide bonds. The fourth-order valence-electron chi connectivity index (χ4n) is 1.46. The van der Waals surface area contributed by atoms with E-state index in [4.69, 9.17) is 16.3 Å². The van der Waals surface area contributed by atoms with Gasteiger partial charge in [-0.15, -0.1) is 11.6 Å². The van der Waals surface area contributed by atoms with E-state index < -0.39 is 18.6 Å². The summed E-state index contributed by atoms with van der Waals surface area (Å²) in [6.07, 6.45) is -3.11. The van der Waals surface area contributed by atoms with Gasteiger partial charge in [-0.25, -0.2) is 4.98 Å². The number of nitrogens with zero attached hydrogens (tertiary/aromatic N) is 2. The van der Waals surface area contributed by atoms with Crippen molar-refractivity contribution in [1.29, 1.82) is 0 Å². The number of hydrogen-bond donors (Lipinski definition) is 0. The maximum Gasteiger partial charge on any atom is 0.406 e. The SMILES string of the molecule is COc1ncccc1C(=O)N(CCCl)CC(F)(F)F. The second-order valence-electron chi connectivity index (χ2n) is 3.59. The molecule has 0 radical (unpaired) electrons. The zero-order valence-corrected chi connectivity index (χ0v) is 10.8. The Labute approximate surface area is 113 Å². The molecular weight excluding hydrogens is 285 g/mol. The number of carbonyl (C=O) groups excluding carboxylic acids is 1. The second-order valence-corrected chi connectivity index (χ2v) is 3.97. The lowest BCUT2D eigenvalue weighted by Gasteiger charge is -2.23. The van der Waals surface area contributed by atoms with Gasteiger partial charge < -0.3 is 9.64 Å². The smallest absolute Gasteiger partial charge is 0.406 e. The van der Waals surface area contributed by atoms with E-state index in [0.717, 1.165) is 0 Å². The first-order valence-corrected chi connectivity index (χ1v) is 5.83. The van der Waals surface area contributed by atoms with Crippen molar-refractivity contribution >= 4 is 17.5 Å². The van der Waals surface area contributed by atoms with E-state index in [1.807, 2.05) is 0 Å². The number of rotatable bonds is 5. The number of alkyl halides is 4. The van der Waals surface area contributed by atoms with Crippen LogP contribution in [0.15, 0.2) is 18.3 Å². The van der Waals surface area contributed by atoms with Crippen LogP contribution in [-0.4, -0.2) is 48.0 Å². The van der Waals surface area contributed by atoms with Crippen LogP contribution in [0, 0.1) is 0 Å². The lowest BCUT2D eigenvalue weighted by molar-refractivity contribution is -0.140. The van der Waals surface area contributed by atoms with Gasteiger partial charge in [-0.1, -0.05) is 0 Å². The Hall–Kier alpha value is -1.50. The summed E-state index contributed by atoms with van der Waals surface area (Å²) < 4.78 is 42.1. The molecule has 0 spiro atoms. The summed E-state index contributed by atoms with van der Waals surface area (Å²) in [5, 5.41) is 0. The summed E-state index contributed by atoms with van der Waals surface area (Å²) in [6.45, 7) is -1.57. The molecule has 1 heterocycles. The Bertz CT molecular complexity index is 440. The lowest BCUT2D eigenvalue weighted by Crippen LogP contribution is -2.40. The van der Waals surface area contributed by atoms with Gasteiger partial charge in [-0.2, -0.15) is 13.2 Å². The first-order valence-electron chi connectivity index (χ1n) is 5.30. The molecule has 1 aromatic heterocycles. The zero-order chi connectivity index (χ0) is 14.5. The molecule has 0 aliphatic heterocycles. The number of methoxy groups -OCH3 is 1. The Morgan fingerprint density at radius 3 is 2.74 bits per heavy atom. The van der Waals surface area contributed by atoms with E-state index in [9.17, 15) is 18.0 Å². The third-order valence-electron chi connectivity index (χ3n) is 2.21. The predicted octanol–water partition coefficient (Wildman–Crippen LogP) is 2.33. The van der Waals surface area contributed by atoms with Crippen LogP contribution in [0.4, 0.5) is 13.2 Å². The van der Waals surface area contributed by atoms with Crippen LogP contribution < -0.4 is 4.74 Å². The van der Waals surface area contributed by atoms with Crippen molar-refractivity contribution in [3.05, 3.63) is 23.9 Å². The van der Waals surface area contributed by atoms with Crippen LogP contribution in [0.3, 0.4) is 0 Å². The minimum absolute atomic E-state index is 0.0192. The number of aromatic nitrogens is 1. The Balaban J connectivity index is 2.99. The quantitative estimate of drug-likeness (QED) is 0.783. The van der Waals surface area contributed by atoms with E-state index in [2.05, 4.69) is 4.98 Å². The first-order chi connectivity index (χ1) is 8.89. The maximum absolute atomic E-state index is 12.4. The molecule has 1 aromatic rings. The highest BCUT2D eigenvalue weighted by atomic mass is 35.5. The molecule has 0 fully saturated rings. The van der Waals surface area contributed by atoms with Crippen molar-refractivity contribution < 1.29 is 22.7 Å². The molecule has 8 heteroatoms. The molecule has 0 saturated heterocycles. The maximum atomic E-state index is 12.4. The first kappa shape index (κ1) is 15.6. The van der Waals surface area contributed by atoms with Gasteiger partial charge in [-0.3, -0.25) is 4.79 Å². The summed E-state index contributed by atoms with van der Waals surface area (Å²) >= 11 is 5.42. The van der Waals surface area contributed by atoms with Gasteiger partial charge in [0.2, 0.25) is 5.88 Å². The van der Waals surface area contributed by atoms with E-state index in [-0.39, 0.29) is 23.9 Å². The number of pyridine rings is 1. The average molecular weight is 297 g/mol. The Morgan fingerprint density at radius 2 is 2.21 bits per heavy atom. The highest BCUT2D eigenvalue weighted by Crippen LogP contribution is 2.21. The summed E-state index contributed by atoms with van der Waals surface area (Å²) in [7, 11) is 1.29. The number of carbonyl (C=O) groups is 1. The van der Waals surface area contributed by atoms with Crippen molar-refractivity contribution in [2.24, 2.45) is 0 Å². The van der Waals surface area contributed by atoms with Gasteiger partial charge in [0.05, 0.1) is 7.11 Å². The average Bonchev–Trinajstić information content (AvgIpc) is 2.36. The predicted molar refractivity (Wildman–Crippen MR) is 63.5 cm³/mol. The van der Waals surface area contributed by atoms with Gasteiger partial charge >= 0.3 is 6.18 Å². The summed E-state index contributed by atoms with van der Waals surface area (Å²) in [5.74, 6) is -0.929. The van der Waals surface area contributed by atoms with Gasteiger partial charge in [0.1, 0.15) is 12.1 Å². The summed E-state index contributed by atoms with van der Waals surface area (Å²) in [6, 6.07) is 2.80. The Morgan fingerprint density at radius 1 is 1.53 bits per heavy atom. The van der Waals surface area contributed by atoms with Gasteiger partial charge in [0.25, 0.3) is 5.91 Å². The van der Waals surface area contributed by atoms with Crippen molar-refractivity contribution in [1.82, 2.24) is 9.88 Å². The molecule has 0 atom stereocenters. The topological polar surface area (TPSA) is 42.4 Å². The molecule has 4 nitrogen and oxygen atoms in total. The molecule has 106 valence electrons. The largest absolute Gasteiger partial charge is 0.480 e. The number of amides is 1. The standard InChI is InChI=1S/C11H12ClF3N2O2/c1-19-9-8(3-2-5-16-9)10(18)17(6-4-12)7-11(13,14)15/h2-3,5H,4,6-7H2,1H3. The zero-order valence-electron chi connectivity index (χ0n) is 10.1. The van der Waals surface area contributed by atoms with Crippen molar-refractivity contribution in [2.45, 2.75) is 6.18 Å². The van der Waals surface area contributed by atoms with E-state index in [1.165, 1.54) is 25.4 Å².